The van der Waals surface area contributed by atoms with Gasteiger partial charge >= 0.3 is 33.2 Å². The quantitative estimate of drug-likeness (QED) is 0.250. The van der Waals surface area contributed by atoms with Crippen molar-refractivity contribution in [3.63, 3.8) is 0 Å². The van der Waals surface area contributed by atoms with Crippen molar-refractivity contribution in [2.45, 2.75) is 75.1 Å². The summed E-state index contributed by atoms with van der Waals surface area (Å²) in [6.45, 7) is -0.673. The fraction of sp³-hybridized carbons (Fsp3) is 0.867. The van der Waals surface area contributed by atoms with E-state index in [1.165, 1.54) is 0 Å². The number of carbonyl (C=O) groups excluding carboxylic acids is 2. The molecule has 0 atom stereocenters. The number of carbonyl (C=O) groups is 2. The number of halogens is 4. The van der Waals surface area contributed by atoms with E-state index in [-0.39, 0.29) is 18.9 Å². The van der Waals surface area contributed by atoms with Gasteiger partial charge in [-0.25, -0.2) is 0 Å². The fourth-order valence-corrected chi connectivity index (χ4v) is 3.00. The van der Waals surface area contributed by atoms with Gasteiger partial charge in [-0.05, 0) is 32.1 Å². The standard InChI is InChI=1S/C15H22F4O7S/c16-14(17,15(18,19)27(22,23)24)9-4-10-25-12(20)7-8-13(21)26-11-5-2-1-3-6-11/h11H,1-10H2,(H,22,23,24). The minimum atomic E-state index is -6.29. The molecule has 0 radical (unpaired) electrons. The number of ether oxygens (including phenoxy) is 2. The van der Waals surface area contributed by atoms with E-state index in [2.05, 4.69) is 4.74 Å². The molecule has 158 valence electrons. The second-order valence-electron chi connectivity index (χ2n) is 6.27. The predicted molar refractivity (Wildman–Crippen MR) is 83.8 cm³/mol. The summed E-state index contributed by atoms with van der Waals surface area (Å²) < 4.78 is 90.9. The Morgan fingerprint density at radius 3 is 2.11 bits per heavy atom. The smallest absolute Gasteiger partial charge is 0.431 e. The predicted octanol–water partition coefficient (Wildman–Crippen LogP) is 3.08. The maximum absolute atomic E-state index is 13.2. The Balaban J connectivity index is 2.25. The van der Waals surface area contributed by atoms with E-state index in [4.69, 9.17) is 9.29 Å². The first-order valence-corrected chi connectivity index (χ1v) is 9.88. The van der Waals surface area contributed by atoms with Crippen LogP contribution in [0.5, 0.6) is 0 Å². The van der Waals surface area contributed by atoms with Crippen LogP contribution in [0.3, 0.4) is 0 Å². The van der Waals surface area contributed by atoms with Crippen molar-refractivity contribution in [1.29, 1.82) is 0 Å². The van der Waals surface area contributed by atoms with Crippen molar-refractivity contribution in [3.8, 4) is 0 Å². The lowest BCUT2D eigenvalue weighted by Gasteiger charge is -2.23. The van der Waals surface area contributed by atoms with Crippen LogP contribution < -0.4 is 0 Å². The van der Waals surface area contributed by atoms with Crippen molar-refractivity contribution in [2.75, 3.05) is 6.61 Å². The summed E-state index contributed by atoms with van der Waals surface area (Å²) in [4.78, 5) is 23.0. The van der Waals surface area contributed by atoms with Gasteiger partial charge in [0.2, 0.25) is 0 Å². The number of hydrogen-bond acceptors (Lipinski definition) is 6. The van der Waals surface area contributed by atoms with Crippen LogP contribution in [0.25, 0.3) is 0 Å². The number of esters is 2. The fourth-order valence-electron chi connectivity index (χ4n) is 2.52. The minimum absolute atomic E-state index is 0.172. The van der Waals surface area contributed by atoms with Crippen LogP contribution in [-0.4, -0.2) is 48.8 Å². The lowest BCUT2D eigenvalue weighted by molar-refractivity contribution is -0.167. The third kappa shape index (κ3) is 7.24. The van der Waals surface area contributed by atoms with Gasteiger partial charge in [0.25, 0.3) is 0 Å². The van der Waals surface area contributed by atoms with Gasteiger partial charge in [0.05, 0.1) is 19.4 Å². The molecule has 7 nitrogen and oxygen atoms in total. The topological polar surface area (TPSA) is 107 Å². The molecule has 0 aromatic heterocycles. The molecule has 1 rings (SSSR count). The Hall–Kier alpha value is -1.43. The van der Waals surface area contributed by atoms with Crippen LogP contribution in [0.2, 0.25) is 0 Å². The molecule has 0 spiro atoms. The van der Waals surface area contributed by atoms with Crippen molar-refractivity contribution >= 4 is 22.1 Å². The van der Waals surface area contributed by atoms with Crippen LogP contribution in [0.4, 0.5) is 17.6 Å². The first-order chi connectivity index (χ1) is 12.4. The van der Waals surface area contributed by atoms with E-state index in [1.807, 2.05) is 0 Å². The molecule has 0 saturated heterocycles. The molecule has 12 heteroatoms. The number of rotatable bonds is 10. The molecule has 0 aromatic carbocycles. The third-order valence-electron chi connectivity index (χ3n) is 4.03. The Morgan fingerprint density at radius 2 is 1.56 bits per heavy atom. The van der Waals surface area contributed by atoms with Gasteiger partial charge in [-0.1, -0.05) is 6.42 Å². The summed E-state index contributed by atoms with van der Waals surface area (Å²) in [7, 11) is -6.29. The first kappa shape index (κ1) is 23.6. The zero-order valence-electron chi connectivity index (χ0n) is 14.5. The van der Waals surface area contributed by atoms with Gasteiger partial charge in [-0.15, -0.1) is 0 Å². The van der Waals surface area contributed by atoms with E-state index in [0.29, 0.717) is 0 Å². The highest BCUT2D eigenvalue weighted by Gasteiger charge is 2.64. The summed E-state index contributed by atoms with van der Waals surface area (Å²) in [6, 6.07) is 0. The average molecular weight is 422 g/mol. The van der Waals surface area contributed by atoms with E-state index in [0.717, 1.165) is 32.1 Å². The molecule has 1 fully saturated rings. The summed E-state index contributed by atoms with van der Waals surface area (Å²) in [5.41, 5.74) is 0. The monoisotopic (exact) mass is 422 g/mol. The highest BCUT2D eigenvalue weighted by atomic mass is 32.2. The van der Waals surface area contributed by atoms with Crippen LogP contribution in [-0.2, 0) is 29.2 Å². The van der Waals surface area contributed by atoms with Crippen LogP contribution in [0, 0.1) is 0 Å². The SMILES string of the molecule is O=C(CCC(=O)OC1CCCCC1)OCCCC(F)(F)C(F)(F)S(=O)(=O)O. The molecule has 0 aliphatic heterocycles. The highest BCUT2D eigenvalue weighted by molar-refractivity contribution is 7.87. The van der Waals surface area contributed by atoms with E-state index in [9.17, 15) is 35.6 Å². The van der Waals surface area contributed by atoms with Gasteiger partial charge in [-0.2, -0.15) is 26.0 Å². The Labute approximate surface area is 154 Å². The summed E-state index contributed by atoms with van der Waals surface area (Å²) in [6.07, 6.45) is 1.34. The molecule has 0 unspecified atom stereocenters. The molecular formula is C15H22F4O7S. The lowest BCUT2D eigenvalue weighted by atomic mass is 9.98. The number of hydrogen-bond donors (Lipinski definition) is 1. The summed E-state index contributed by atoms with van der Waals surface area (Å²) in [5, 5.41) is -5.65. The Morgan fingerprint density at radius 1 is 1.00 bits per heavy atom. The van der Waals surface area contributed by atoms with Crippen molar-refractivity contribution in [1.82, 2.24) is 0 Å². The Kier molecular flexibility index (Phi) is 8.46. The minimum Gasteiger partial charge on any atom is -0.466 e. The zero-order valence-corrected chi connectivity index (χ0v) is 15.3. The molecule has 0 heterocycles. The largest absolute Gasteiger partial charge is 0.466 e. The molecule has 1 aliphatic carbocycles. The molecule has 0 aromatic rings. The summed E-state index contributed by atoms with van der Waals surface area (Å²) in [5.74, 6) is -6.52. The average Bonchev–Trinajstić information content (AvgIpc) is 2.56. The molecule has 0 bridgehead atoms. The van der Waals surface area contributed by atoms with Gasteiger partial charge in [0.1, 0.15) is 6.10 Å². The van der Waals surface area contributed by atoms with Crippen molar-refractivity contribution < 1.29 is 49.6 Å². The van der Waals surface area contributed by atoms with Crippen LogP contribution in [0.15, 0.2) is 0 Å². The van der Waals surface area contributed by atoms with Gasteiger partial charge < -0.3 is 9.47 Å². The molecule has 1 N–H and O–H groups in total. The van der Waals surface area contributed by atoms with Crippen LogP contribution >= 0.6 is 0 Å². The van der Waals surface area contributed by atoms with E-state index in [1.54, 1.807) is 0 Å². The van der Waals surface area contributed by atoms with Gasteiger partial charge in [-0.3, -0.25) is 14.1 Å². The highest BCUT2D eigenvalue weighted by Crippen LogP contribution is 2.41. The maximum Gasteiger partial charge on any atom is 0.431 e. The second kappa shape index (κ2) is 9.67. The molecule has 0 amide bonds. The summed E-state index contributed by atoms with van der Waals surface area (Å²) >= 11 is 0. The molecule has 1 saturated carbocycles. The third-order valence-corrected chi connectivity index (χ3v) is 4.98. The van der Waals surface area contributed by atoms with Gasteiger partial charge in [0, 0.05) is 6.42 Å². The maximum atomic E-state index is 13.2. The number of alkyl halides is 4. The zero-order chi connectivity index (χ0) is 20.7. The first-order valence-electron chi connectivity index (χ1n) is 8.44. The van der Waals surface area contributed by atoms with E-state index >= 15 is 0 Å². The van der Waals surface area contributed by atoms with E-state index < -0.39 is 52.7 Å². The van der Waals surface area contributed by atoms with Crippen molar-refractivity contribution in [2.24, 2.45) is 0 Å². The molecule has 27 heavy (non-hydrogen) atoms. The van der Waals surface area contributed by atoms with Gasteiger partial charge in [0.15, 0.2) is 0 Å². The van der Waals surface area contributed by atoms with Crippen LogP contribution in [0.1, 0.15) is 57.8 Å². The molecule has 1 aliphatic rings. The Bertz CT molecular complexity index is 616. The second-order valence-corrected chi connectivity index (χ2v) is 7.73. The molecular weight excluding hydrogens is 400 g/mol. The normalized spacial score (nSPS) is 16.8. The lowest BCUT2D eigenvalue weighted by Crippen LogP contribution is -2.46. The van der Waals surface area contributed by atoms with Crippen molar-refractivity contribution in [3.05, 3.63) is 0 Å².